The van der Waals surface area contributed by atoms with Gasteiger partial charge in [0.15, 0.2) is 0 Å². The highest BCUT2D eigenvalue weighted by molar-refractivity contribution is 5.67. The summed E-state index contributed by atoms with van der Waals surface area (Å²) < 4.78 is 0. The number of nitrogens with two attached hydrogens (primary N) is 1. The van der Waals surface area contributed by atoms with Crippen LogP contribution in [0.4, 0.5) is 0 Å². The van der Waals surface area contributed by atoms with Crippen LogP contribution in [0, 0.1) is 11.3 Å². The van der Waals surface area contributed by atoms with Gasteiger partial charge >= 0.3 is 5.97 Å². The molecule has 84 valence electrons. The molecule has 0 bridgehead atoms. The van der Waals surface area contributed by atoms with E-state index in [4.69, 9.17) is 10.8 Å². The van der Waals surface area contributed by atoms with Gasteiger partial charge in [-0.1, -0.05) is 34.1 Å². The van der Waals surface area contributed by atoms with Gasteiger partial charge in [-0.05, 0) is 17.8 Å². The lowest BCUT2D eigenvalue weighted by molar-refractivity contribution is -0.137. The van der Waals surface area contributed by atoms with Crippen molar-refractivity contribution in [3.8, 4) is 0 Å². The first-order valence-corrected chi connectivity index (χ1v) is 5.28. The van der Waals surface area contributed by atoms with Crippen LogP contribution >= 0.6 is 0 Å². The zero-order valence-corrected chi connectivity index (χ0v) is 9.71. The molecule has 0 radical (unpaired) electrons. The lowest BCUT2D eigenvalue weighted by atomic mass is 9.72. The van der Waals surface area contributed by atoms with Crippen LogP contribution in [-0.4, -0.2) is 17.1 Å². The average molecular weight is 201 g/mol. The second-order valence-electron chi connectivity index (χ2n) is 4.79. The van der Waals surface area contributed by atoms with Crippen LogP contribution in [0.5, 0.6) is 0 Å². The van der Waals surface area contributed by atoms with E-state index in [1.165, 1.54) is 0 Å². The van der Waals surface area contributed by atoms with Gasteiger partial charge in [-0.25, -0.2) is 0 Å². The largest absolute Gasteiger partial charge is 0.481 e. The summed E-state index contributed by atoms with van der Waals surface area (Å²) in [6, 6.07) is -0.242. The molecule has 0 aliphatic heterocycles. The number of carboxylic acids is 1. The molecule has 0 aromatic heterocycles. The van der Waals surface area contributed by atoms with E-state index in [-0.39, 0.29) is 23.8 Å². The smallest absolute Gasteiger partial charge is 0.304 e. The SMILES string of the molecule is CCCC(C)(C)C(C)C(N)CC(=O)O. The molecule has 0 saturated carbocycles. The monoisotopic (exact) mass is 201 g/mol. The minimum absolute atomic E-state index is 0.0638. The molecule has 0 aromatic carbocycles. The topological polar surface area (TPSA) is 63.3 Å². The second-order valence-corrected chi connectivity index (χ2v) is 4.79. The molecule has 0 spiro atoms. The van der Waals surface area contributed by atoms with E-state index in [0.29, 0.717) is 0 Å². The zero-order valence-electron chi connectivity index (χ0n) is 9.71. The molecular weight excluding hydrogens is 178 g/mol. The molecule has 0 amide bonds. The van der Waals surface area contributed by atoms with Crippen molar-refractivity contribution in [2.45, 2.75) is 53.0 Å². The molecule has 0 aliphatic rings. The van der Waals surface area contributed by atoms with Crippen molar-refractivity contribution in [2.75, 3.05) is 0 Å². The van der Waals surface area contributed by atoms with Crippen LogP contribution in [-0.2, 0) is 4.79 Å². The number of aliphatic carboxylic acids is 1. The Hall–Kier alpha value is -0.570. The molecule has 2 unspecified atom stereocenters. The molecule has 14 heavy (non-hydrogen) atoms. The predicted octanol–water partition coefficient (Wildman–Crippen LogP) is 2.25. The van der Waals surface area contributed by atoms with Gasteiger partial charge in [0.05, 0.1) is 6.42 Å². The Morgan fingerprint density at radius 2 is 2.00 bits per heavy atom. The van der Waals surface area contributed by atoms with Crippen molar-refractivity contribution < 1.29 is 9.90 Å². The molecule has 2 atom stereocenters. The summed E-state index contributed by atoms with van der Waals surface area (Å²) in [5.41, 5.74) is 5.98. The van der Waals surface area contributed by atoms with E-state index in [0.717, 1.165) is 12.8 Å². The third-order valence-electron chi connectivity index (χ3n) is 3.18. The maximum atomic E-state index is 10.5. The second kappa shape index (κ2) is 5.35. The molecule has 0 rings (SSSR count). The quantitative estimate of drug-likeness (QED) is 0.692. The highest BCUT2D eigenvalue weighted by Gasteiger charge is 2.30. The minimum atomic E-state index is -0.809. The summed E-state index contributed by atoms with van der Waals surface area (Å²) >= 11 is 0. The molecular formula is C11H23NO2. The van der Waals surface area contributed by atoms with Gasteiger partial charge in [0.25, 0.3) is 0 Å². The van der Waals surface area contributed by atoms with E-state index < -0.39 is 5.97 Å². The van der Waals surface area contributed by atoms with Crippen molar-refractivity contribution in [3.05, 3.63) is 0 Å². The van der Waals surface area contributed by atoms with E-state index in [1.54, 1.807) is 0 Å². The average Bonchev–Trinajstić information content (AvgIpc) is 2.01. The van der Waals surface area contributed by atoms with Crippen LogP contribution in [0.1, 0.15) is 47.0 Å². The highest BCUT2D eigenvalue weighted by Crippen LogP contribution is 2.34. The lowest BCUT2D eigenvalue weighted by Gasteiger charge is -2.35. The Labute approximate surface area is 86.7 Å². The summed E-state index contributed by atoms with van der Waals surface area (Å²) in [5.74, 6) is -0.574. The standard InChI is InChI=1S/C11H23NO2/c1-5-6-11(3,4)8(2)9(12)7-10(13)14/h8-9H,5-7,12H2,1-4H3,(H,13,14). The Kier molecular flexibility index (Phi) is 5.13. The Morgan fingerprint density at radius 1 is 1.50 bits per heavy atom. The van der Waals surface area contributed by atoms with Crippen LogP contribution in [0.3, 0.4) is 0 Å². The third-order valence-corrected chi connectivity index (χ3v) is 3.18. The van der Waals surface area contributed by atoms with E-state index in [2.05, 4.69) is 20.8 Å². The first kappa shape index (κ1) is 13.4. The number of hydrogen-bond donors (Lipinski definition) is 2. The molecule has 0 aromatic rings. The zero-order chi connectivity index (χ0) is 11.4. The number of hydrogen-bond acceptors (Lipinski definition) is 2. The molecule has 3 N–H and O–H groups in total. The molecule has 0 saturated heterocycles. The third kappa shape index (κ3) is 4.09. The summed E-state index contributed by atoms with van der Waals surface area (Å²) in [5, 5.41) is 8.65. The lowest BCUT2D eigenvalue weighted by Crippen LogP contribution is -2.39. The number of rotatable bonds is 6. The summed E-state index contributed by atoms with van der Waals surface area (Å²) in [6.07, 6.45) is 2.26. The summed E-state index contributed by atoms with van der Waals surface area (Å²) in [7, 11) is 0. The molecule has 0 heterocycles. The predicted molar refractivity (Wildman–Crippen MR) is 58.1 cm³/mol. The Bertz CT molecular complexity index is 190. The van der Waals surface area contributed by atoms with E-state index in [1.807, 2.05) is 6.92 Å². The molecule has 3 heteroatoms. The van der Waals surface area contributed by atoms with Gasteiger partial charge in [-0.3, -0.25) is 4.79 Å². The summed E-state index contributed by atoms with van der Waals surface area (Å²) in [4.78, 5) is 10.5. The van der Waals surface area contributed by atoms with Crippen molar-refractivity contribution in [1.29, 1.82) is 0 Å². The number of carboxylic acid groups (broad SMARTS) is 1. The van der Waals surface area contributed by atoms with Crippen LogP contribution in [0.25, 0.3) is 0 Å². The molecule has 3 nitrogen and oxygen atoms in total. The van der Waals surface area contributed by atoms with Gasteiger partial charge in [-0.2, -0.15) is 0 Å². The van der Waals surface area contributed by atoms with E-state index in [9.17, 15) is 4.79 Å². The minimum Gasteiger partial charge on any atom is -0.481 e. The Morgan fingerprint density at radius 3 is 2.36 bits per heavy atom. The molecule has 0 fully saturated rings. The van der Waals surface area contributed by atoms with Crippen LogP contribution < -0.4 is 5.73 Å². The van der Waals surface area contributed by atoms with E-state index >= 15 is 0 Å². The first-order valence-electron chi connectivity index (χ1n) is 5.28. The van der Waals surface area contributed by atoms with Gasteiger partial charge in [0, 0.05) is 6.04 Å². The van der Waals surface area contributed by atoms with Gasteiger partial charge < -0.3 is 10.8 Å². The highest BCUT2D eigenvalue weighted by atomic mass is 16.4. The van der Waals surface area contributed by atoms with Gasteiger partial charge in [0.1, 0.15) is 0 Å². The fourth-order valence-corrected chi connectivity index (χ4v) is 1.83. The van der Waals surface area contributed by atoms with Crippen molar-refractivity contribution in [3.63, 3.8) is 0 Å². The maximum Gasteiger partial charge on any atom is 0.304 e. The van der Waals surface area contributed by atoms with Crippen LogP contribution in [0.2, 0.25) is 0 Å². The molecule has 0 aliphatic carbocycles. The fraction of sp³-hybridized carbons (Fsp3) is 0.909. The first-order chi connectivity index (χ1) is 6.31. The van der Waals surface area contributed by atoms with Crippen molar-refractivity contribution >= 4 is 5.97 Å². The summed E-state index contributed by atoms with van der Waals surface area (Å²) in [6.45, 7) is 8.49. The van der Waals surface area contributed by atoms with Crippen molar-refractivity contribution in [2.24, 2.45) is 17.1 Å². The maximum absolute atomic E-state index is 10.5. The van der Waals surface area contributed by atoms with Crippen molar-refractivity contribution in [1.82, 2.24) is 0 Å². The van der Waals surface area contributed by atoms with Crippen LogP contribution in [0.15, 0.2) is 0 Å². The van der Waals surface area contributed by atoms with Gasteiger partial charge in [-0.15, -0.1) is 0 Å². The normalized spacial score (nSPS) is 16.4. The fourth-order valence-electron chi connectivity index (χ4n) is 1.83. The van der Waals surface area contributed by atoms with Gasteiger partial charge in [0.2, 0.25) is 0 Å². The number of carbonyl (C=O) groups is 1. The Balaban J connectivity index is 4.28.